The lowest BCUT2D eigenvalue weighted by Gasteiger charge is -2.34. The molecule has 2 N–H and O–H groups in total. The van der Waals surface area contributed by atoms with Crippen LogP contribution in [-0.4, -0.2) is 56.4 Å². The van der Waals surface area contributed by atoms with E-state index >= 15 is 0 Å². The first-order valence-electron chi connectivity index (χ1n) is 9.05. The van der Waals surface area contributed by atoms with Crippen molar-refractivity contribution in [3.63, 3.8) is 0 Å². The maximum atomic E-state index is 5.72. The number of ether oxygens (including phenoxy) is 2. The summed E-state index contributed by atoms with van der Waals surface area (Å²) in [5, 5.41) is 6.68. The molecule has 0 unspecified atom stereocenters. The van der Waals surface area contributed by atoms with E-state index in [-0.39, 0.29) is 4.75 Å². The monoisotopic (exact) mass is 365 g/mol. The maximum absolute atomic E-state index is 5.72. The molecule has 0 amide bonds. The zero-order chi connectivity index (χ0) is 17.8. The fourth-order valence-corrected chi connectivity index (χ4v) is 3.51. The van der Waals surface area contributed by atoms with E-state index < -0.39 is 0 Å². The van der Waals surface area contributed by atoms with Crippen LogP contribution in [0.2, 0.25) is 0 Å². The third kappa shape index (κ3) is 7.26. The van der Waals surface area contributed by atoms with Crippen molar-refractivity contribution >= 4 is 17.7 Å². The van der Waals surface area contributed by atoms with Gasteiger partial charge < -0.3 is 20.1 Å². The van der Waals surface area contributed by atoms with Crippen LogP contribution in [0.25, 0.3) is 0 Å². The Morgan fingerprint density at radius 1 is 1.24 bits per heavy atom. The summed E-state index contributed by atoms with van der Waals surface area (Å²) in [6.45, 7) is 7.48. The third-order valence-corrected chi connectivity index (χ3v) is 5.76. The molecule has 140 valence electrons. The predicted octanol–water partition coefficient (Wildman–Crippen LogP) is 2.67. The topological polar surface area (TPSA) is 54.9 Å². The van der Waals surface area contributed by atoms with E-state index in [1.54, 1.807) is 0 Å². The standard InChI is InChI=1S/C19H31N3O2S/c1-3-20-18(22-16-19(25-2)9-12-23-13-10-19)21-11-14-24-15-17-7-5-4-6-8-17/h4-8H,3,9-16H2,1-2H3,(H2,20,21,22). The van der Waals surface area contributed by atoms with Gasteiger partial charge in [-0.15, -0.1) is 0 Å². The van der Waals surface area contributed by atoms with Gasteiger partial charge >= 0.3 is 0 Å². The van der Waals surface area contributed by atoms with Crippen molar-refractivity contribution in [1.82, 2.24) is 10.6 Å². The molecule has 1 aliphatic heterocycles. The average Bonchev–Trinajstić information content (AvgIpc) is 2.67. The molecule has 6 heteroatoms. The fraction of sp³-hybridized carbons (Fsp3) is 0.632. The second-order valence-corrected chi connectivity index (χ2v) is 7.43. The van der Waals surface area contributed by atoms with Gasteiger partial charge in [-0.25, -0.2) is 0 Å². The van der Waals surface area contributed by atoms with Gasteiger partial charge in [0.2, 0.25) is 0 Å². The highest BCUT2D eigenvalue weighted by Crippen LogP contribution is 2.33. The summed E-state index contributed by atoms with van der Waals surface area (Å²) in [5.74, 6) is 0.866. The van der Waals surface area contributed by atoms with E-state index in [2.05, 4.69) is 35.9 Å². The van der Waals surface area contributed by atoms with Crippen molar-refractivity contribution in [3.05, 3.63) is 35.9 Å². The summed E-state index contributed by atoms with van der Waals surface area (Å²) in [6, 6.07) is 10.2. The van der Waals surface area contributed by atoms with E-state index in [0.29, 0.717) is 13.2 Å². The molecule has 1 aliphatic rings. The lowest BCUT2D eigenvalue weighted by molar-refractivity contribution is 0.0794. The number of benzene rings is 1. The van der Waals surface area contributed by atoms with E-state index in [1.807, 2.05) is 30.0 Å². The molecule has 1 aromatic carbocycles. The van der Waals surface area contributed by atoms with Crippen LogP contribution in [0.1, 0.15) is 25.3 Å². The Morgan fingerprint density at radius 3 is 2.68 bits per heavy atom. The molecule has 0 aromatic heterocycles. The SMILES string of the molecule is CCNC(=NCC1(SC)CCOCC1)NCCOCc1ccccc1. The van der Waals surface area contributed by atoms with Gasteiger partial charge in [0.1, 0.15) is 0 Å². The van der Waals surface area contributed by atoms with Gasteiger partial charge in [0.15, 0.2) is 5.96 Å². The minimum absolute atomic E-state index is 0.213. The lowest BCUT2D eigenvalue weighted by atomic mass is 9.99. The van der Waals surface area contributed by atoms with Crippen LogP contribution in [0, 0.1) is 0 Å². The number of rotatable bonds is 9. The van der Waals surface area contributed by atoms with Crippen LogP contribution >= 0.6 is 11.8 Å². The zero-order valence-corrected chi connectivity index (χ0v) is 16.2. The van der Waals surface area contributed by atoms with Crippen molar-refractivity contribution < 1.29 is 9.47 Å². The molecule has 0 aliphatic carbocycles. The second-order valence-electron chi connectivity index (χ2n) is 6.16. The van der Waals surface area contributed by atoms with E-state index in [0.717, 1.165) is 51.6 Å². The van der Waals surface area contributed by atoms with Gasteiger partial charge in [-0.1, -0.05) is 30.3 Å². The maximum Gasteiger partial charge on any atom is 0.191 e. The summed E-state index contributed by atoms with van der Waals surface area (Å²) < 4.78 is 11.4. The molecule has 0 saturated carbocycles. The van der Waals surface area contributed by atoms with Crippen molar-refractivity contribution in [2.24, 2.45) is 4.99 Å². The number of thioether (sulfide) groups is 1. The highest BCUT2D eigenvalue weighted by atomic mass is 32.2. The number of aliphatic imine (C=N–C) groups is 1. The zero-order valence-electron chi connectivity index (χ0n) is 15.4. The third-order valence-electron chi connectivity index (χ3n) is 4.36. The molecular formula is C19H31N3O2S. The van der Waals surface area contributed by atoms with Crippen LogP contribution in [-0.2, 0) is 16.1 Å². The van der Waals surface area contributed by atoms with Crippen molar-refractivity contribution in [1.29, 1.82) is 0 Å². The molecule has 1 fully saturated rings. The van der Waals surface area contributed by atoms with Gasteiger partial charge in [-0.2, -0.15) is 11.8 Å². The minimum Gasteiger partial charge on any atom is -0.381 e. The number of nitrogens with zero attached hydrogens (tertiary/aromatic N) is 1. The lowest BCUT2D eigenvalue weighted by Crippen LogP contribution is -2.41. The Kier molecular flexibility index (Phi) is 9.15. The molecule has 1 heterocycles. The smallest absolute Gasteiger partial charge is 0.191 e. The summed E-state index contributed by atoms with van der Waals surface area (Å²) in [5.41, 5.74) is 1.20. The van der Waals surface area contributed by atoms with Crippen LogP contribution in [0.5, 0.6) is 0 Å². The number of nitrogens with one attached hydrogen (secondary N) is 2. The molecule has 1 aromatic rings. The largest absolute Gasteiger partial charge is 0.381 e. The average molecular weight is 366 g/mol. The number of guanidine groups is 1. The molecule has 0 atom stereocenters. The highest BCUT2D eigenvalue weighted by molar-refractivity contribution is 8.00. The molecule has 25 heavy (non-hydrogen) atoms. The Balaban J connectivity index is 1.73. The molecule has 1 saturated heterocycles. The van der Waals surface area contributed by atoms with Gasteiger partial charge in [-0.05, 0) is 31.6 Å². The predicted molar refractivity (Wildman–Crippen MR) is 106 cm³/mol. The minimum atomic E-state index is 0.213. The van der Waals surface area contributed by atoms with Gasteiger partial charge in [-0.3, -0.25) is 4.99 Å². The summed E-state index contributed by atoms with van der Waals surface area (Å²) in [7, 11) is 0. The van der Waals surface area contributed by atoms with E-state index in [9.17, 15) is 0 Å². The van der Waals surface area contributed by atoms with Crippen molar-refractivity contribution in [2.45, 2.75) is 31.1 Å². The van der Waals surface area contributed by atoms with Crippen molar-refractivity contribution in [2.75, 3.05) is 45.7 Å². The molecule has 5 nitrogen and oxygen atoms in total. The molecular weight excluding hydrogens is 334 g/mol. The molecule has 0 bridgehead atoms. The molecule has 0 radical (unpaired) electrons. The quantitative estimate of drug-likeness (QED) is 0.400. The van der Waals surface area contributed by atoms with Crippen LogP contribution < -0.4 is 10.6 Å². The number of hydrogen-bond donors (Lipinski definition) is 2. The first-order valence-corrected chi connectivity index (χ1v) is 10.3. The normalized spacial score (nSPS) is 17.3. The fourth-order valence-electron chi connectivity index (χ4n) is 2.74. The number of hydrogen-bond acceptors (Lipinski definition) is 4. The molecule has 0 spiro atoms. The van der Waals surface area contributed by atoms with E-state index in [4.69, 9.17) is 14.5 Å². The highest BCUT2D eigenvalue weighted by Gasteiger charge is 2.31. The molecule has 2 rings (SSSR count). The Labute approximate surface area is 156 Å². The van der Waals surface area contributed by atoms with Gasteiger partial charge in [0.05, 0.1) is 19.8 Å². The summed E-state index contributed by atoms with van der Waals surface area (Å²) >= 11 is 1.92. The van der Waals surface area contributed by atoms with Crippen molar-refractivity contribution in [3.8, 4) is 0 Å². The Bertz CT molecular complexity index is 505. The Morgan fingerprint density at radius 2 is 2.00 bits per heavy atom. The summed E-state index contributed by atoms with van der Waals surface area (Å²) in [4.78, 5) is 4.80. The van der Waals surface area contributed by atoms with Crippen LogP contribution in [0.3, 0.4) is 0 Å². The van der Waals surface area contributed by atoms with Crippen LogP contribution in [0.15, 0.2) is 35.3 Å². The first kappa shape index (κ1) is 20.1. The van der Waals surface area contributed by atoms with Gasteiger partial charge in [0.25, 0.3) is 0 Å². The second kappa shape index (κ2) is 11.4. The Hall–Kier alpha value is -1.24. The van der Waals surface area contributed by atoms with E-state index in [1.165, 1.54) is 5.56 Å². The van der Waals surface area contributed by atoms with Gasteiger partial charge in [0, 0.05) is 31.1 Å². The van der Waals surface area contributed by atoms with Crippen LogP contribution in [0.4, 0.5) is 0 Å². The summed E-state index contributed by atoms with van der Waals surface area (Å²) in [6.07, 6.45) is 4.31. The first-order chi connectivity index (χ1) is 12.3.